The molecule has 0 heterocycles. The van der Waals surface area contributed by atoms with Crippen LogP contribution in [0.4, 0.5) is 0 Å². The van der Waals surface area contributed by atoms with E-state index in [1.807, 2.05) is 18.2 Å². The van der Waals surface area contributed by atoms with Crippen LogP contribution < -0.4 is 5.32 Å². The second-order valence-corrected chi connectivity index (χ2v) is 4.10. The van der Waals surface area contributed by atoms with Gasteiger partial charge in [-0.1, -0.05) is 18.2 Å². The minimum absolute atomic E-state index is 0.401. The number of benzene rings is 1. The molecule has 1 aromatic rings. The summed E-state index contributed by atoms with van der Waals surface area (Å²) in [4.78, 5) is 0. The van der Waals surface area contributed by atoms with Gasteiger partial charge in [0.2, 0.25) is 0 Å². The Bertz CT molecular complexity index is 351. The summed E-state index contributed by atoms with van der Waals surface area (Å²) in [7, 11) is 1.76. The third-order valence-corrected chi connectivity index (χ3v) is 3.01. The average Bonchev–Trinajstić information content (AvgIpc) is 2.19. The van der Waals surface area contributed by atoms with Gasteiger partial charge < -0.3 is 15.5 Å². The summed E-state index contributed by atoms with van der Waals surface area (Å²) in [5, 5.41) is 22.4. The van der Waals surface area contributed by atoms with Crippen molar-refractivity contribution in [2.45, 2.75) is 25.0 Å². The summed E-state index contributed by atoms with van der Waals surface area (Å²) in [6.07, 6.45) is 0.708. The number of likely N-dealkylation sites (N-methyl/N-ethyl adjacent to an activating group) is 1. The maximum atomic E-state index is 9.87. The highest BCUT2D eigenvalue weighted by Crippen LogP contribution is 2.27. The van der Waals surface area contributed by atoms with E-state index >= 15 is 0 Å². The molecule has 2 rings (SSSR count). The highest BCUT2D eigenvalue weighted by molar-refractivity contribution is 5.39. The van der Waals surface area contributed by atoms with Crippen molar-refractivity contribution in [3.63, 3.8) is 0 Å². The molecule has 2 atom stereocenters. The smallest absolute Gasteiger partial charge is 0.106 e. The molecule has 82 valence electrons. The molecule has 1 aliphatic carbocycles. The van der Waals surface area contributed by atoms with E-state index in [1.54, 1.807) is 7.05 Å². The van der Waals surface area contributed by atoms with Gasteiger partial charge in [-0.15, -0.1) is 0 Å². The van der Waals surface area contributed by atoms with Gasteiger partial charge in [-0.25, -0.2) is 0 Å². The van der Waals surface area contributed by atoms with E-state index < -0.39 is 12.2 Å². The van der Waals surface area contributed by atoms with Crippen LogP contribution in [0.3, 0.4) is 0 Å². The van der Waals surface area contributed by atoms with Gasteiger partial charge >= 0.3 is 0 Å². The molecule has 0 spiro atoms. The zero-order chi connectivity index (χ0) is 10.8. The molecular formula is C12H17NO2. The summed E-state index contributed by atoms with van der Waals surface area (Å²) < 4.78 is 0. The Hall–Kier alpha value is -0.900. The number of aryl methyl sites for hydroxylation is 2. The minimum atomic E-state index is -0.789. The number of fused-ring (bicyclic) bond motifs is 1. The molecule has 0 aromatic heterocycles. The number of aliphatic hydroxyl groups is 2. The second kappa shape index (κ2) is 4.31. The highest BCUT2D eigenvalue weighted by Gasteiger charge is 2.20. The SMILES string of the molecule is CNCC(O)C(O)c1ccc2c(c1)CC2. The molecule has 3 nitrogen and oxygen atoms in total. The molecular weight excluding hydrogens is 190 g/mol. The highest BCUT2D eigenvalue weighted by atomic mass is 16.3. The lowest BCUT2D eigenvalue weighted by Gasteiger charge is -2.23. The Balaban J connectivity index is 2.11. The van der Waals surface area contributed by atoms with Gasteiger partial charge in [-0.05, 0) is 36.6 Å². The molecule has 2 unspecified atom stereocenters. The largest absolute Gasteiger partial charge is 0.389 e. The van der Waals surface area contributed by atoms with Crippen LogP contribution in [0.1, 0.15) is 22.8 Å². The summed E-state index contributed by atoms with van der Waals surface area (Å²) in [5.74, 6) is 0. The van der Waals surface area contributed by atoms with Gasteiger partial charge in [0, 0.05) is 6.54 Å². The third-order valence-electron chi connectivity index (χ3n) is 3.01. The van der Waals surface area contributed by atoms with E-state index in [9.17, 15) is 10.2 Å². The summed E-state index contributed by atoms with van der Waals surface area (Å²) in [6, 6.07) is 5.95. The molecule has 0 bridgehead atoms. The zero-order valence-corrected chi connectivity index (χ0v) is 8.90. The van der Waals surface area contributed by atoms with Crippen LogP contribution in [0, 0.1) is 0 Å². The lowest BCUT2D eigenvalue weighted by Crippen LogP contribution is -2.29. The normalized spacial score (nSPS) is 17.8. The first-order valence-electron chi connectivity index (χ1n) is 5.35. The predicted molar refractivity (Wildman–Crippen MR) is 58.7 cm³/mol. The van der Waals surface area contributed by atoms with Crippen molar-refractivity contribution in [2.24, 2.45) is 0 Å². The van der Waals surface area contributed by atoms with Crippen molar-refractivity contribution in [1.82, 2.24) is 5.32 Å². The summed E-state index contributed by atoms with van der Waals surface area (Å²) in [6.45, 7) is 0.401. The molecule has 1 aliphatic rings. The third kappa shape index (κ3) is 2.04. The minimum Gasteiger partial charge on any atom is -0.389 e. The second-order valence-electron chi connectivity index (χ2n) is 4.10. The monoisotopic (exact) mass is 207 g/mol. The Morgan fingerprint density at radius 3 is 2.53 bits per heavy atom. The van der Waals surface area contributed by atoms with Crippen molar-refractivity contribution in [3.8, 4) is 0 Å². The van der Waals surface area contributed by atoms with Gasteiger partial charge in [-0.3, -0.25) is 0 Å². The summed E-state index contributed by atoms with van der Waals surface area (Å²) in [5.41, 5.74) is 3.49. The number of nitrogens with one attached hydrogen (secondary N) is 1. The van der Waals surface area contributed by atoms with Gasteiger partial charge in [0.15, 0.2) is 0 Å². The number of rotatable bonds is 4. The number of hydrogen-bond acceptors (Lipinski definition) is 3. The fraction of sp³-hybridized carbons (Fsp3) is 0.500. The molecule has 0 amide bonds. The average molecular weight is 207 g/mol. The van der Waals surface area contributed by atoms with Gasteiger partial charge in [0.1, 0.15) is 6.10 Å². The van der Waals surface area contributed by atoms with E-state index in [-0.39, 0.29) is 0 Å². The van der Waals surface area contributed by atoms with Crippen molar-refractivity contribution >= 4 is 0 Å². The first-order valence-corrected chi connectivity index (χ1v) is 5.35. The molecule has 0 radical (unpaired) electrons. The van der Waals surface area contributed by atoms with E-state index in [0.29, 0.717) is 6.54 Å². The van der Waals surface area contributed by atoms with E-state index in [2.05, 4.69) is 5.32 Å². The number of hydrogen-bond donors (Lipinski definition) is 3. The lowest BCUT2D eigenvalue weighted by atomic mass is 9.86. The molecule has 1 aromatic carbocycles. The first-order chi connectivity index (χ1) is 7.22. The van der Waals surface area contributed by atoms with Gasteiger partial charge in [0.05, 0.1) is 6.10 Å². The van der Waals surface area contributed by atoms with E-state index in [1.165, 1.54) is 11.1 Å². The van der Waals surface area contributed by atoms with Crippen LogP contribution >= 0.6 is 0 Å². The standard InChI is InChI=1S/C12H17NO2/c1-13-7-11(14)12(15)10-5-3-8-2-4-9(8)6-10/h3,5-6,11-15H,2,4,7H2,1H3. The van der Waals surface area contributed by atoms with Gasteiger partial charge in [0.25, 0.3) is 0 Å². The fourth-order valence-corrected chi connectivity index (χ4v) is 1.94. The Morgan fingerprint density at radius 2 is 2.00 bits per heavy atom. The quantitative estimate of drug-likeness (QED) is 0.670. The van der Waals surface area contributed by atoms with Gasteiger partial charge in [-0.2, -0.15) is 0 Å². The molecule has 3 N–H and O–H groups in total. The fourth-order valence-electron chi connectivity index (χ4n) is 1.94. The number of aliphatic hydroxyl groups excluding tert-OH is 2. The van der Waals surface area contributed by atoms with E-state index in [0.717, 1.165) is 18.4 Å². The Labute approximate surface area is 89.8 Å². The van der Waals surface area contributed by atoms with Crippen molar-refractivity contribution in [1.29, 1.82) is 0 Å². The molecule has 0 fully saturated rings. The topological polar surface area (TPSA) is 52.5 Å². The van der Waals surface area contributed by atoms with Crippen LogP contribution in [0.2, 0.25) is 0 Å². The van der Waals surface area contributed by atoms with Crippen LogP contribution in [0.5, 0.6) is 0 Å². The maximum Gasteiger partial charge on any atom is 0.106 e. The lowest BCUT2D eigenvalue weighted by molar-refractivity contribution is 0.0201. The van der Waals surface area contributed by atoms with Crippen molar-refractivity contribution in [3.05, 3.63) is 34.9 Å². The van der Waals surface area contributed by atoms with Crippen LogP contribution in [-0.4, -0.2) is 29.9 Å². The van der Waals surface area contributed by atoms with Crippen molar-refractivity contribution in [2.75, 3.05) is 13.6 Å². The zero-order valence-electron chi connectivity index (χ0n) is 8.90. The Kier molecular flexibility index (Phi) is 3.05. The van der Waals surface area contributed by atoms with Crippen LogP contribution in [0.25, 0.3) is 0 Å². The molecule has 3 heteroatoms. The van der Waals surface area contributed by atoms with Crippen LogP contribution in [0.15, 0.2) is 18.2 Å². The molecule has 0 saturated heterocycles. The van der Waals surface area contributed by atoms with Crippen LogP contribution in [-0.2, 0) is 12.8 Å². The van der Waals surface area contributed by atoms with Crippen molar-refractivity contribution < 1.29 is 10.2 Å². The van der Waals surface area contributed by atoms with E-state index in [4.69, 9.17) is 0 Å². The summed E-state index contributed by atoms with van der Waals surface area (Å²) >= 11 is 0. The first kappa shape index (κ1) is 10.6. The molecule has 15 heavy (non-hydrogen) atoms. The Morgan fingerprint density at radius 1 is 1.27 bits per heavy atom. The molecule has 0 aliphatic heterocycles. The predicted octanol–water partition coefficient (Wildman–Crippen LogP) is 0.399. The molecule has 0 saturated carbocycles. The maximum absolute atomic E-state index is 9.87.